The molecule has 4 nitrogen and oxygen atoms in total. The quantitative estimate of drug-likeness (QED) is 0.681. The molecule has 0 saturated carbocycles. The largest absolute Gasteiger partial charge is 0.348 e. The van der Waals surface area contributed by atoms with E-state index in [1.54, 1.807) is 6.20 Å². The van der Waals surface area contributed by atoms with Crippen molar-refractivity contribution in [3.63, 3.8) is 0 Å². The van der Waals surface area contributed by atoms with E-state index in [2.05, 4.69) is 34.3 Å². The van der Waals surface area contributed by atoms with Gasteiger partial charge in [-0.15, -0.1) is 0 Å². The molecule has 21 heavy (non-hydrogen) atoms. The van der Waals surface area contributed by atoms with E-state index in [0.29, 0.717) is 23.0 Å². The third kappa shape index (κ3) is 4.04. The molecule has 0 fully saturated rings. The number of aryl methyl sites for hydroxylation is 2. The van der Waals surface area contributed by atoms with Crippen molar-refractivity contribution in [3.8, 4) is 0 Å². The first kappa shape index (κ1) is 15.5. The molecule has 0 aliphatic carbocycles. The predicted octanol–water partition coefficient (Wildman–Crippen LogP) is 3.00. The fraction of sp³-hybridized carbons (Fsp3) is 0.312. The van der Waals surface area contributed by atoms with Gasteiger partial charge in [-0.2, -0.15) is 0 Å². The van der Waals surface area contributed by atoms with Gasteiger partial charge in [0.25, 0.3) is 5.91 Å². The third-order valence-electron chi connectivity index (χ3n) is 3.27. The molecule has 2 rings (SSSR count). The summed E-state index contributed by atoms with van der Waals surface area (Å²) in [5, 5.41) is 3.59. The average molecular weight is 301 g/mol. The van der Waals surface area contributed by atoms with E-state index in [4.69, 9.17) is 0 Å². The molecule has 5 heteroatoms. The molecule has 0 radical (unpaired) electrons. The van der Waals surface area contributed by atoms with Crippen LogP contribution in [0.4, 0.5) is 0 Å². The zero-order chi connectivity index (χ0) is 15.2. The van der Waals surface area contributed by atoms with Gasteiger partial charge in [0.15, 0.2) is 5.16 Å². The Kier molecular flexibility index (Phi) is 5.33. The van der Waals surface area contributed by atoms with Crippen LogP contribution in [0.25, 0.3) is 0 Å². The summed E-state index contributed by atoms with van der Waals surface area (Å²) in [7, 11) is 0. The van der Waals surface area contributed by atoms with Gasteiger partial charge >= 0.3 is 0 Å². The Morgan fingerprint density at radius 1 is 1.24 bits per heavy atom. The van der Waals surface area contributed by atoms with E-state index in [1.165, 1.54) is 17.3 Å². The van der Waals surface area contributed by atoms with E-state index in [-0.39, 0.29) is 5.91 Å². The SMILES string of the molecule is CCc1ccc(CNC(=O)c2cnc(SC)nc2C)cc1. The van der Waals surface area contributed by atoms with Crippen molar-refractivity contribution in [1.29, 1.82) is 0 Å². The topological polar surface area (TPSA) is 54.9 Å². The molecule has 0 bridgehead atoms. The number of carbonyl (C=O) groups excluding carboxylic acids is 1. The number of hydrogen-bond donors (Lipinski definition) is 1. The number of nitrogens with one attached hydrogen (secondary N) is 1. The number of aromatic nitrogens is 2. The summed E-state index contributed by atoms with van der Waals surface area (Å²) in [4.78, 5) is 20.6. The summed E-state index contributed by atoms with van der Waals surface area (Å²) in [6, 6.07) is 8.25. The lowest BCUT2D eigenvalue weighted by Crippen LogP contribution is -2.24. The average Bonchev–Trinajstić information content (AvgIpc) is 2.52. The fourth-order valence-corrected chi connectivity index (χ4v) is 2.32. The maximum absolute atomic E-state index is 12.2. The van der Waals surface area contributed by atoms with Crippen molar-refractivity contribution in [2.24, 2.45) is 0 Å². The Balaban J connectivity index is 2.00. The molecule has 1 heterocycles. The summed E-state index contributed by atoms with van der Waals surface area (Å²) >= 11 is 1.46. The van der Waals surface area contributed by atoms with Gasteiger partial charge in [-0.25, -0.2) is 9.97 Å². The molecule has 0 unspecified atom stereocenters. The number of carbonyl (C=O) groups is 1. The lowest BCUT2D eigenvalue weighted by atomic mass is 10.1. The van der Waals surface area contributed by atoms with Crippen molar-refractivity contribution in [2.45, 2.75) is 32.0 Å². The fourth-order valence-electron chi connectivity index (χ4n) is 1.94. The standard InChI is InChI=1S/C16H19N3OS/c1-4-12-5-7-13(8-6-12)9-17-15(20)14-10-18-16(21-3)19-11(14)2/h5-8,10H,4,9H2,1-3H3,(H,17,20). The van der Waals surface area contributed by atoms with Crippen molar-refractivity contribution in [2.75, 3.05) is 6.26 Å². The lowest BCUT2D eigenvalue weighted by molar-refractivity contribution is 0.0949. The molecule has 1 aromatic carbocycles. The highest BCUT2D eigenvalue weighted by atomic mass is 32.2. The lowest BCUT2D eigenvalue weighted by Gasteiger charge is -2.08. The first-order valence-electron chi connectivity index (χ1n) is 6.87. The summed E-state index contributed by atoms with van der Waals surface area (Å²) in [6.07, 6.45) is 4.52. The zero-order valence-corrected chi connectivity index (χ0v) is 13.3. The maximum Gasteiger partial charge on any atom is 0.254 e. The van der Waals surface area contributed by atoms with Crippen LogP contribution >= 0.6 is 11.8 Å². The van der Waals surface area contributed by atoms with Gasteiger partial charge in [-0.1, -0.05) is 43.0 Å². The molecule has 1 N–H and O–H groups in total. The Hall–Kier alpha value is -1.88. The van der Waals surface area contributed by atoms with Crippen molar-refractivity contribution in [1.82, 2.24) is 15.3 Å². The van der Waals surface area contributed by atoms with Gasteiger partial charge in [0.05, 0.1) is 11.3 Å². The maximum atomic E-state index is 12.2. The van der Waals surface area contributed by atoms with Gasteiger partial charge in [0, 0.05) is 12.7 Å². The number of thioether (sulfide) groups is 1. The van der Waals surface area contributed by atoms with Crippen LogP contribution in [0.2, 0.25) is 0 Å². The highest BCUT2D eigenvalue weighted by Crippen LogP contribution is 2.11. The van der Waals surface area contributed by atoms with Crippen molar-refractivity contribution >= 4 is 17.7 Å². The van der Waals surface area contributed by atoms with Gasteiger partial charge in [-0.05, 0) is 30.7 Å². The molecule has 0 aliphatic heterocycles. The predicted molar refractivity (Wildman–Crippen MR) is 85.5 cm³/mol. The molecular weight excluding hydrogens is 282 g/mol. The third-order valence-corrected chi connectivity index (χ3v) is 3.83. The highest BCUT2D eigenvalue weighted by molar-refractivity contribution is 7.98. The molecule has 2 aromatic rings. The highest BCUT2D eigenvalue weighted by Gasteiger charge is 2.11. The smallest absolute Gasteiger partial charge is 0.254 e. The molecule has 0 atom stereocenters. The number of rotatable bonds is 5. The minimum absolute atomic E-state index is 0.139. The molecular formula is C16H19N3OS. The monoisotopic (exact) mass is 301 g/mol. The van der Waals surface area contributed by atoms with E-state index in [0.717, 1.165) is 12.0 Å². The first-order chi connectivity index (χ1) is 10.1. The number of amides is 1. The number of hydrogen-bond acceptors (Lipinski definition) is 4. The van der Waals surface area contributed by atoms with E-state index >= 15 is 0 Å². The minimum Gasteiger partial charge on any atom is -0.348 e. The number of nitrogens with zero attached hydrogens (tertiary/aromatic N) is 2. The Bertz CT molecular complexity index is 626. The van der Waals surface area contributed by atoms with Crippen molar-refractivity contribution in [3.05, 3.63) is 52.8 Å². The van der Waals surface area contributed by atoms with Crippen LogP contribution in [0.3, 0.4) is 0 Å². The molecule has 0 saturated heterocycles. The summed E-state index contributed by atoms with van der Waals surface area (Å²) in [6.45, 7) is 4.46. The van der Waals surface area contributed by atoms with Crippen LogP contribution in [0, 0.1) is 6.92 Å². The van der Waals surface area contributed by atoms with E-state index < -0.39 is 0 Å². The Morgan fingerprint density at radius 3 is 2.48 bits per heavy atom. The van der Waals surface area contributed by atoms with Crippen LogP contribution in [0.1, 0.15) is 34.1 Å². The Labute approximate surface area is 129 Å². The number of benzene rings is 1. The van der Waals surface area contributed by atoms with Crippen LogP contribution in [-0.4, -0.2) is 22.1 Å². The van der Waals surface area contributed by atoms with E-state index in [1.807, 2.05) is 25.3 Å². The first-order valence-corrected chi connectivity index (χ1v) is 8.10. The summed E-state index contributed by atoms with van der Waals surface area (Å²) < 4.78 is 0. The van der Waals surface area contributed by atoms with Gasteiger partial charge in [0.2, 0.25) is 0 Å². The van der Waals surface area contributed by atoms with Crippen LogP contribution in [0.15, 0.2) is 35.6 Å². The van der Waals surface area contributed by atoms with Gasteiger partial charge in [0.1, 0.15) is 0 Å². The summed E-state index contributed by atoms with van der Waals surface area (Å²) in [5.41, 5.74) is 3.60. The van der Waals surface area contributed by atoms with Crippen LogP contribution < -0.4 is 5.32 Å². The molecule has 0 spiro atoms. The van der Waals surface area contributed by atoms with Gasteiger partial charge in [-0.3, -0.25) is 4.79 Å². The molecule has 1 amide bonds. The second-order valence-electron chi connectivity index (χ2n) is 4.71. The van der Waals surface area contributed by atoms with Gasteiger partial charge < -0.3 is 5.32 Å². The molecule has 1 aromatic heterocycles. The summed E-state index contributed by atoms with van der Waals surface area (Å²) in [5.74, 6) is -0.139. The minimum atomic E-state index is -0.139. The second-order valence-corrected chi connectivity index (χ2v) is 5.48. The second kappa shape index (κ2) is 7.22. The zero-order valence-electron chi connectivity index (χ0n) is 12.5. The Morgan fingerprint density at radius 2 is 1.90 bits per heavy atom. The molecule has 110 valence electrons. The van der Waals surface area contributed by atoms with Crippen LogP contribution in [-0.2, 0) is 13.0 Å². The van der Waals surface area contributed by atoms with E-state index in [9.17, 15) is 4.79 Å². The normalized spacial score (nSPS) is 10.4. The van der Waals surface area contributed by atoms with Crippen LogP contribution in [0.5, 0.6) is 0 Å². The van der Waals surface area contributed by atoms with Crippen molar-refractivity contribution < 1.29 is 4.79 Å². The molecule has 0 aliphatic rings.